The number of anilines is 2. The number of hydrogen-bond donors (Lipinski definition) is 1. The molecule has 3 rings (SSSR count). The van der Waals surface area contributed by atoms with Crippen LogP contribution >= 0.6 is 11.6 Å². The Bertz CT molecular complexity index is 604. The second-order valence-electron chi connectivity index (χ2n) is 5.39. The number of fused-ring (bicyclic) bond motifs is 1. The molecule has 2 N–H and O–H groups in total. The Kier molecular flexibility index (Phi) is 3.23. The van der Waals surface area contributed by atoms with Crippen molar-refractivity contribution in [3.05, 3.63) is 29.4 Å². The summed E-state index contributed by atoms with van der Waals surface area (Å²) in [5, 5.41) is 2.76. The number of nitrogens with two attached hydrogens (primary N) is 1. The molecule has 0 saturated carbocycles. The molecule has 1 aliphatic heterocycles. The number of halogens is 1. The van der Waals surface area contributed by atoms with Gasteiger partial charge in [0.1, 0.15) is 5.82 Å². The first-order valence-electron chi connectivity index (χ1n) is 6.74. The molecule has 1 saturated heterocycles. The van der Waals surface area contributed by atoms with E-state index in [4.69, 9.17) is 17.3 Å². The molecule has 0 bridgehead atoms. The number of aromatic nitrogens is 1. The van der Waals surface area contributed by atoms with Crippen LogP contribution in [0.25, 0.3) is 10.8 Å². The highest BCUT2D eigenvalue weighted by Gasteiger charge is 2.19. The Morgan fingerprint density at radius 3 is 2.74 bits per heavy atom. The van der Waals surface area contributed by atoms with Crippen LogP contribution in [-0.2, 0) is 0 Å². The lowest BCUT2D eigenvalue weighted by atomic mass is 9.99. The van der Waals surface area contributed by atoms with Crippen LogP contribution in [0.4, 0.5) is 11.5 Å². The number of nitrogens with zero attached hydrogens (tertiary/aromatic N) is 2. The first kappa shape index (κ1) is 12.5. The van der Waals surface area contributed by atoms with Gasteiger partial charge in [-0.15, -0.1) is 0 Å². The van der Waals surface area contributed by atoms with E-state index in [9.17, 15) is 0 Å². The van der Waals surface area contributed by atoms with E-state index in [1.54, 1.807) is 6.07 Å². The van der Waals surface area contributed by atoms with Crippen LogP contribution in [0.15, 0.2) is 24.4 Å². The first-order valence-corrected chi connectivity index (χ1v) is 7.11. The maximum Gasteiger partial charge on any atom is 0.136 e. The molecule has 0 spiro atoms. The van der Waals surface area contributed by atoms with Crippen LogP contribution < -0.4 is 10.6 Å². The summed E-state index contributed by atoms with van der Waals surface area (Å²) in [4.78, 5) is 6.89. The molecule has 3 nitrogen and oxygen atoms in total. The maximum absolute atomic E-state index is 6.13. The van der Waals surface area contributed by atoms with Crippen LogP contribution in [-0.4, -0.2) is 18.1 Å². The Balaban J connectivity index is 2.08. The molecular weight excluding hydrogens is 258 g/mol. The molecule has 1 aliphatic rings. The van der Waals surface area contributed by atoms with E-state index in [0.717, 1.165) is 41.3 Å². The topological polar surface area (TPSA) is 42.2 Å². The SMILES string of the molecule is CC1CCN(c2nccc3c(N)cc(Cl)cc23)CC1. The molecule has 2 heterocycles. The molecule has 0 radical (unpaired) electrons. The first-order chi connectivity index (χ1) is 9.15. The number of benzene rings is 1. The molecule has 1 aromatic heterocycles. The predicted molar refractivity (Wildman–Crippen MR) is 81.8 cm³/mol. The quantitative estimate of drug-likeness (QED) is 0.807. The van der Waals surface area contributed by atoms with Gasteiger partial charge in [0, 0.05) is 40.8 Å². The summed E-state index contributed by atoms with van der Waals surface area (Å²) in [5.41, 5.74) is 6.77. The number of nitrogen functional groups attached to an aromatic ring is 1. The van der Waals surface area contributed by atoms with Crippen molar-refractivity contribution in [2.75, 3.05) is 23.7 Å². The predicted octanol–water partition coefficient (Wildman–Crippen LogP) is 3.71. The third kappa shape index (κ3) is 2.35. The summed E-state index contributed by atoms with van der Waals surface area (Å²) < 4.78 is 0. The van der Waals surface area contributed by atoms with Crippen LogP contribution in [0.1, 0.15) is 19.8 Å². The molecule has 100 valence electrons. The fraction of sp³-hybridized carbons (Fsp3) is 0.400. The number of piperidine rings is 1. The molecule has 1 fully saturated rings. The van der Waals surface area contributed by atoms with Crippen LogP contribution in [0.5, 0.6) is 0 Å². The van der Waals surface area contributed by atoms with Gasteiger partial charge in [0.2, 0.25) is 0 Å². The highest BCUT2D eigenvalue weighted by molar-refractivity contribution is 6.32. The largest absolute Gasteiger partial charge is 0.398 e. The number of hydrogen-bond acceptors (Lipinski definition) is 3. The minimum absolute atomic E-state index is 0.671. The lowest BCUT2D eigenvalue weighted by Crippen LogP contribution is -2.33. The van der Waals surface area contributed by atoms with Gasteiger partial charge in [0.25, 0.3) is 0 Å². The third-order valence-electron chi connectivity index (χ3n) is 3.94. The second kappa shape index (κ2) is 4.89. The highest BCUT2D eigenvalue weighted by Crippen LogP contribution is 2.33. The zero-order chi connectivity index (χ0) is 13.4. The highest BCUT2D eigenvalue weighted by atomic mass is 35.5. The lowest BCUT2D eigenvalue weighted by Gasteiger charge is -2.32. The van der Waals surface area contributed by atoms with E-state index in [1.165, 1.54) is 12.8 Å². The molecule has 4 heteroatoms. The standard InChI is InChI=1S/C15H18ClN3/c1-10-3-6-19(7-4-10)15-13-8-11(16)9-14(17)12(13)2-5-18-15/h2,5,8-10H,3-4,6-7,17H2,1H3. The summed E-state index contributed by atoms with van der Waals surface area (Å²) in [6, 6.07) is 5.72. The fourth-order valence-corrected chi connectivity index (χ4v) is 2.96. The number of rotatable bonds is 1. The molecule has 0 atom stereocenters. The zero-order valence-electron chi connectivity index (χ0n) is 11.1. The van der Waals surface area contributed by atoms with Gasteiger partial charge in [-0.05, 0) is 37.0 Å². The molecule has 2 aromatic rings. The van der Waals surface area contributed by atoms with E-state index in [-0.39, 0.29) is 0 Å². The lowest BCUT2D eigenvalue weighted by molar-refractivity contribution is 0.437. The molecule has 19 heavy (non-hydrogen) atoms. The van der Waals surface area contributed by atoms with Gasteiger partial charge in [-0.25, -0.2) is 4.98 Å². The van der Waals surface area contributed by atoms with Gasteiger partial charge in [-0.3, -0.25) is 0 Å². The molecule has 1 aromatic carbocycles. The van der Waals surface area contributed by atoms with Gasteiger partial charge in [0.15, 0.2) is 0 Å². The van der Waals surface area contributed by atoms with Crippen molar-refractivity contribution < 1.29 is 0 Å². The van der Waals surface area contributed by atoms with Gasteiger partial charge in [0.05, 0.1) is 0 Å². The summed E-state index contributed by atoms with van der Waals surface area (Å²) >= 11 is 6.13. The minimum atomic E-state index is 0.671. The van der Waals surface area contributed by atoms with Crippen LogP contribution in [0, 0.1) is 5.92 Å². The van der Waals surface area contributed by atoms with Gasteiger partial charge < -0.3 is 10.6 Å². The third-order valence-corrected chi connectivity index (χ3v) is 4.16. The Labute approximate surface area is 118 Å². The van der Waals surface area contributed by atoms with Crippen molar-refractivity contribution in [3.63, 3.8) is 0 Å². The van der Waals surface area contributed by atoms with E-state index < -0.39 is 0 Å². The molecule has 0 unspecified atom stereocenters. The number of pyridine rings is 1. The van der Waals surface area contributed by atoms with Gasteiger partial charge in [-0.1, -0.05) is 18.5 Å². The summed E-state index contributed by atoms with van der Waals surface area (Å²) in [5.74, 6) is 1.82. The summed E-state index contributed by atoms with van der Waals surface area (Å²) in [7, 11) is 0. The average molecular weight is 276 g/mol. The van der Waals surface area contributed by atoms with Crippen molar-refractivity contribution in [2.45, 2.75) is 19.8 Å². The van der Waals surface area contributed by atoms with Gasteiger partial charge in [-0.2, -0.15) is 0 Å². The molecule has 0 amide bonds. The van der Waals surface area contributed by atoms with E-state index in [2.05, 4.69) is 16.8 Å². The van der Waals surface area contributed by atoms with Crippen LogP contribution in [0.3, 0.4) is 0 Å². The minimum Gasteiger partial charge on any atom is -0.398 e. The van der Waals surface area contributed by atoms with E-state index >= 15 is 0 Å². The second-order valence-corrected chi connectivity index (χ2v) is 5.83. The smallest absolute Gasteiger partial charge is 0.136 e. The van der Waals surface area contributed by atoms with Crippen molar-refractivity contribution in [1.29, 1.82) is 0 Å². The van der Waals surface area contributed by atoms with E-state index in [1.807, 2.05) is 18.3 Å². The average Bonchev–Trinajstić information content (AvgIpc) is 2.39. The van der Waals surface area contributed by atoms with Gasteiger partial charge >= 0.3 is 0 Å². The van der Waals surface area contributed by atoms with Crippen molar-refractivity contribution >= 4 is 33.9 Å². The Morgan fingerprint density at radius 1 is 1.26 bits per heavy atom. The van der Waals surface area contributed by atoms with Crippen molar-refractivity contribution in [3.8, 4) is 0 Å². The molecule has 0 aliphatic carbocycles. The zero-order valence-corrected chi connectivity index (χ0v) is 11.8. The normalized spacial score (nSPS) is 17.1. The molecular formula is C15H18ClN3. The van der Waals surface area contributed by atoms with Crippen LogP contribution in [0.2, 0.25) is 5.02 Å². The van der Waals surface area contributed by atoms with E-state index in [0.29, 0.717) is 5.02 Å². The van der Waals surface area contributed by atoms with Crippen molar-refractivity contribution in [1.82, 2.24) is 4.98 Å². The maximum atomic E-state index is 6.13. The van der Waals surface area contributed by atoms with Crippen molar-refractivity contribution in [2.24, 2.45) is 5.92 Å². The summed E-state index contributed by atoms with van der Waals surface area (Å²) in [6.45, 7) is 4.42. The Hall–Kier alpha value is -1.48. The monoisotopic (exact) mass is 275 g/mol. The fourth-order valence-electron chi connectivity index (χ4n) is 2.73. The summed E-state index contributed by atoms with van der Waals surface area (Å²) in [6.07, 6.45) is 4.27. The Morgan fingerprint density at radius 2 is 2.00 bits per heavy atom.